The number of amides is 2. The molecule has 1 spiro atoms. The first-order valence-electron chi connectivity index (χ1n) is 8.49. The lowest BCUT2D eigenvalue weighted by Gasteiger charge is -2.38. The largest absolute Gasteiger partial charge is 0.462 e. The lowest BCUT2D eigenvalue weighted by atomic mass is 9.92. The molecule has 136 valence electrons. The quantitative estimate of drug-likeness (QED) is 0.806. The smallest absolute Gasteiger partial charge is 0.407 e. The second-order valence-corrected chi connectivity index (χ2v) is 6.60. The summed E-state index contributed by atoms with van der Waals surface area (Å²) in [6.07, 6.45) is 1.04. The average Bonchev–Trinajstić information content (AvgIpc) is 3.06. The number of aryl methyl sites for hydroxylation is 1. The van der Waals surface area contributed by atoms with Crippen LogP contribution in [0.3, 0.4) is 0 Å². The third kappa shape index (κ3) is 3.08. The lowest BCUT2D eigenvalue weighted by Crippen LogP contribution is -2.52. The van der Waals surface area contributed by atoms with Crippen molar-refractivity contribution in [2.75, 3.05) is 26.2 Å². The van der Waals surface area contributed by atoms with Gasteiger partial charge in [0.05, 0.1) is 25.3 Å². The van der Waals surface area contributed by atoms with Crippen LogP contribution in [0.1, 0.15) is 51.9 Å². The summed E-state index contributed by atoms with van der Waals surface area (Å²) in [4.78, 5) is 41.2. The third-order valence-corrected chi connectivity index (χ3v) is 4.82. The molecular formula is C17H23N3O5. The molecule has 8 heteroatoms. The van der Waals surface area contributed by atoms with Gasteiger partial charge in [0.2, 0.25) is 0 Å². The minimum Gasteiger partial charge on any atom is -0.462 e. The molecule has 2 N–H and O–H groups in total. The number of rotatable bonds is 3. The van der Waals surface area contributed by atoms with E-state index < -0.39 is 17.7 Å². The highest BCUT2D eigenvalue weighted by molar-refractivity contribution is 6.00. The maximum atomic E-state index is 13.0. The van der Waals surface area contributed by atoms with E-state index in [1.165, 1.54) is 0 Å². The van der Waals surface area contributed by atoms with E-state index in [9.17, 15) is 14.4 Å². The maximum Gasteiger partial charge on any atom is 0.407 e. The fraction of sp³-hybridized carbons (Fsp3) is 0.588. The number of esters is 1. The van der Waals surface area contributed by atoms with Crippen molar-refractivity contribution in [3.05, 3.63) is 22.5 Å². The van der Waals surface area contributed by atoms with E-state index in [0.717, 1.165) is 12.8 Å². The van der Waals surface area contributed by atoms with E-state index in [1.54, 1.807) is 25.7 Å². The van der Waals surface area contributed by atoms with E-state index in [-0.39, 0.29) is 12.5 Å². The van der Waals surface area contributed by atoms with E-state index in [1.807, 2.05) is 0 Å². The molecule has 2 aliphatic rings. The monoisotopic (exact) mass is 349 g/mol. The van der Waals surface area contributed by atoms with Crippen LogP contribution in [-0.4, -0.2) is 59.7 Å². The number of hydrogen-bond donors (Lipinski definition) is 2. The maximum absolute atomic E-state index is 13.0. The summed E-state index contributed by atoms with van der Waals surface area (Å²) >= 11 is 0. The fourth-order valence-corrected chi connectivity index (χ4v) is 3.63. The Morgan fingerprint density at radius 3 is 2.76 bits per heavy atom. The van der Waals surface area contributed by atoms with Crippen molar-refractivity contribution in [3.63, 3.8) is 0 Å². The number of nitrogens with one attached hydrogen (secondary N) is 2. The van der Waals surface area contributed by atoms with Crippen molar-refractivity contribution >= 4 is 18.0 Å². The summed E-state index contributed by atoms with van der Waals surface area (Å²) in [7, 11) is 0. The van der Waals surface area contributed by atoms with Gasteiger partial charge in [0.25, 0.3) is 5.91 Å². The Labute approximate surface area is 145 Å². The van der Waals surface area contributed by atoms with Crippen molar-refractivity contribution in [3.8, 4) is 0 Å². The van der Waals surface area contributed by atoms with Crippen LogP contribution in [-0.2, 0) is 9.47 Å². The molecule has 0 aromatic carbocycles. The molecule has 0 radical (unpaired) electrons. The molecule has 25 heavy (non-hydrogen) atoms. The molecule has 0 saturated carbocycles. The number of ether oxygens (including phenoxy) is 2. The molecule has 0 unspecified atom stereocenters. The van der Waals surface area contributed by atoms with Crippen LogP contribution >= 0.6 is 0 Å². The molecule has 8 nitrogen and oxygen atoms in total. The summed E-state index contributed by atoms with van der Waals surface area (Å²) in [6.45, 7) is 6.84. The summed E-state index contributed by atoms with van der Waals surface area (Å²) in [5.41, 5.74) is 1.34. The van der Waals surface area contributed by atoms with Crippen molar-refractivity contribution < 1.29 is 23.9 Å². The number of aromatic amines is 1. The molecule has 0 aliphatic carbocycles. The highest BCUT2D eigenvalue weighted by Crippen LogP contribution is 2.30. The van der Waals surface area contributed by atoms with Crippen molar-refractivity contribution in [1.82, 2.24) is 15.2 Å². The number of hydrogen-bond acceptors (Lipinski definition) is 5. The Balaban J connectivity index is 1.82. The minimum atomic E-state index is -0.648. The minimum absolute atomic E-state index is 0.196. The van der Waals surface area contributed by atoms with Gasteiger partial charge in [-0.3, -0.25) is 4.79 Å². The van der Waals surface area contributed by atoms with Crippen LogP contribution in [0, 0.1) is 13.8 Å². The van der Waals surface area contributed by atoms with Gasteiger partial charge >= 0.3 is 12.1 Å². The lowest BCUT2D eigenvalue weighted by molar-refractivity contribution is -0.00525. The molecule has 2 amide bonds. The van der Waals surface area contributed by atoms with Crippen LogP contribution in [0.4, 0.5) is 4.79 Å². The molecule has 2 fully saturated rings. The van der Waals surface area contributed by atoms with Gasteiger partial charge in [-0.15, -0.1) is 0 Å². The van der Waals surface area contributed by atoms with Gasteiger partial charge in [0.1, 0.15) is 11.3 Å². The zero-order valence-electron chi connectivity index (χ0n) is 14.7. The summed E-state index contributed by atoms with van der Waals surface area (Å²) in [5, 5.41) is 2.66. The molecule has 1 atom stereocenters. The van der Waals surface area contributed by atoms with Crippen molar-refractivity contribution in [2.45, 2.75) is 39.2 Å². The van der Waals surface area contributed by atoms with Crippen LogP contribution in [0.2, 0.25) is 0 Å². The van der Waals surface area contributed by atoms with Crippen molar-refractivity contribution in [1.29, 1.82) is 0 Å². The number of aromatic nitrogens is 1. The number of carbonyl (C=O) groups is 3. The summed E-state index contributed by atoms with van der Waals surface area (Å²) < 4.78 is 10.5. The summed E-state index contributed by atoms with van der Waals surface area (Å²) in [5.74, 6) is -0.630. The highest BCUT2D eigenvalue weighted by atomic mass is 16.6. The van der Waals surface area contributed by atoms with Gasteiger partial charge in [-0.25, -0.2) is 9.59 Å². The molecule has 2 aliphatic heterocycles. The zero-order valence-corrected chi connectivity index (χ0v) is 14.7. The van der Waals surface area contributed by atoms with E-state index in [2.05, 4.69) is 10.3 Å². The zero-order chi connectivity index (χ0) is 18.2. The number of likely N-dealkylation sites (tertiary alicyclic amines) is 1. The SMILES string of the molecule is CCOC(=O)c1c(C)[nH]c(C(=O)N2CCC[C@]3(CNC(=O)O3)C2)c1C. The van der Waals surface area contributed by atoms with Gasteiger partial charge in [0.15, 0.2) is 0 Å². The Kier molecular flexibility index (Phi) is 4.45. The fourth-order valence-electron chi connectivity index (χ4n) is 3.63. The second kappa shape index (κ2) is 6.42. The Morgan fingerprint density at radius 2 is 2.12 bits per heavy atom. The molecular weight excluding hydrogens is 326 g/mol. The first-order chi connectivity index (χ1) is 11.9. The number of alkyl carbamates (subject to hydrolysis) is 1. The predicted molar refractivity (Wildman–Crippen MR) is 88.6 cm³/mol. The van der Waals surface area contributed by atoms with Gasteiger partial charge in [-0.2, -0.15) is 0 Å². The number of nitrogens with zero attached hydrogens (tertiary/aromatic N) is 1. The second-order valence-electron chi connectivity index (χ2n) is 6.60. The first-order valence-corrected chi connectivity index (χ1v) is 8.49. The van der Waals surface area contributed by atoms with Gasteiger partial charge in [-0.1, -0.05) is 0 Å². The van der Waals surface area contributed by atoms with Gasteiger partial charge < -0.3 is 24.7 Å². The molecule has 1 aromatic heterocycles. The predicted octanol–water partition coefficient (Wildman–Crippen LogP) is 1.52. The number of H-pyrrole nitrogens is 1. The Morgan fingerprint density at radius 1 is 1.36 bits per heavy atom. The third-order valence-electron chi connectivity index (χ3n) is 4.82. The molecule has 1 aromatic rings. The molecule has 2 saturated heterocycles. The van der Waals surface area contributed by atoms with E-state index in [0.29, 0.717) is 42.1 Å². The number of carbonyl (C=O) groups excluding carboxylic acids is 3. The molecule has 3 rings (SSSR count). The highest BCUT2D eigenvalue weighted by Gasteiger charge is 2.45. The van der Waals surface area contributed by atoms with Crippen molar-refractivity contribution in [2.24, 2.45) is 0 Å². The number of piperidine rings is 1. The molecule has 0 bridgehead atoms. The first kappa shape index (κ1) is 17.3. The van der Waals surface area contributed by atoms with E-state index in [4.69, 9.17) is 9.47 Å². The Bertz CT molecular complexity index is 726. The van der Waals surface area contributed by atoms with Crippen LogP contribution < -0.4 is 5.32 Å². The van der Waals surface area contributed by atoms with Gasteiger partial charge in [-0.05, 0) is 39.2 Å². The van der Waals surface area contributed by atoms with Crippen LogP contribution in [0.5, 0.6) is 0 Å². The normalized spacial score (nSPS) is 22.7. The molecule has 3 heterocycles. The Hall–Kier alpha value is -2.51. The van der Waals surface area contributed by atoms with Crippen LogP contribution in [0.25, 0.3) is 0 Å². The van der Waals surface area contributed by atoms with Crippen LogP contribution in [0.15, 0.2) is 0 Å². The van der Waals surface area contributed by atoms with E-state index >= 15 is 0 Å². The average molecular weight is 349 g/mol. The van der Waals surface area contributed by atoms with Gasteiger partial charge in [0, 0.05) is 12.2 Å². The topological polar surface area (TPSA) is 101 Å². The standard InChI is InChI=1S/C17H23N3O5/c1-4-24-15(22)12-10(2)13(19-11(12)3)14(21)20-7-5-6-17(9-20)8-18-16(23)25-17/h19H,4-9H2,1-3H3,(H,18,23)/t17-/m0/s1. The summed E-state index contributed by atoms with van der Waals surface area (Å²) in [6, 6.07) is 0.